The van der Waals surface area contributed by atoms with Gasteiger partial charge in [0.1, 0.15) is 5.75 Å². The fraction of sp³-hybridized carbons (Fsp3) is 0.333. The summed E-state index contributed by atoms with van der Waals surface area (Å²) in [6.07, 6.45) is 1.67. The van der Waals surface area contributed by atoms with Gasteiger partial charge in [0.05, 0.1) is 17.5 Å². The highest BCUT2D eigenvalue weighted by molar-refractivity contribution is 7.89. The molecule has 128 valence electrons. The van der Waals surface area contributed by atoms with Crippen LogP contribution in [0.1, 0.15) is 31.4 Å². The average molecular weight is 366 g/mol. The van der Waals surface area contributed by atoms with Gasteiger partial charge in [-0.25, -0.2) is 8.42 Å². The van der Waals surface area contributed by atoms with Crippen LogP contribution >= 0.6 is 11.6 Å². The van der Waals surface area contributed by atoms with E-state index in [1.54, 1.807) is 40.7 Å². The molecular weight excluding hydrogens is 346 g/mol. The topological polar surface area (TPSA) is 46.6 Å². The summed E-state index contributed by atoms with van der Waals surface area (Å²) in [5.74, 6) is 0.673. The molecule has 0 radical (unpaired) electrons. The zero-order chi connectivity index (χ0) is 17.2. The van der Waals surface area contributed by atoms with Crippen molar-refractivity contribution in [2.75, 3.05) is 13.2 Å². The van der Waals surface area contributed by atoms with Crippen LogP contribution in [0.4, 0.5) is 0 Å². The van der Waals surface area contributed by atoms with Gasteiger partial charge < -0.3 is 4.74 Å². The number of rotatable bonds is 5. The molecule has 1 aliphatic heterocycles. The third kappa shape index (κ3) is 3.43. The third-order valence-electron chi connectivity index (χ3n) is 4.20. The lowest BCUT2D eigenvalue weighted by Gasteiger charge is -2.24. The molecule has 1 aliphatic rings. The number of sulfonamides is 1. The molecule has 24 heavy (non-hydrogen) atoms. The van der Waals surface area contributed by atoms with Crippen LogP contribution in [0.3, 0.4) is 0 Å². The molecule has 0 aliphatic carbocycles. The van der Waals surface area contributed by atoms with Crippen LogP contribution in [-0.4, -0.2) is 25.9 Å². The van der Waals surface area contributed by atoms with Gasteiger partial charge in [-0.15, -0.1) is 0 Å². The molecule has 0 saturated carbocycles. The summed E-state index contributed by atoms with van der Waals surface area (Å²) < 4.78 is 33.0. The van der Waals surface area contributed by atoms with Gasteiger partial charge in [0.2, 0.25) is 10.0 Å². The van der Waals surface area contributed by atoms with Crippen molar-refractivity contribution in [3.8, 4) is 5.75 Å². The largest absolute Gasteiger partial charge is 0.494 e. The quantitative estimate of drug-likeness (QED) is 0.795. The lowest BCUT2D eigenvalue weighted by molar-refractivity contribution is 0.340. The Hall–Kier alpha value is -1.56. The van der Waals surface area contributed by atoms with Crippen LogP contribution in [0.15, 0.2) is 53.4 Å². The molecule has 1 atom stereocenters. The molecular formula is C18H20ClNO3S. The van der Waals surface area contributed by atoms with Crippen molar-refractivity contribution < 1.29 is 13.2 Å². The Morgan fingerprint density at radius 1 is 1.12 bits per heavy atom. The van der Waals surface area contributed by atoms with Gasteiger partial charge in [-0.3, -0.25) is 0 Å². The third-order valence-corrected chi connectivity index (χ3v) is 6.37. The molecule has 0 spiro atoms. The first-order chi connectivity index (χ1) is 11.5. The zero-order valence-electron chi connectivity index (χ0n) is 13.5. The minimum Gasteiger partial charge on any atom is -0.494 e. The van der Waals surface area contributed by atoms with E-state index >= 15 is 0 Å². The summed E-state index contributed by atoms with van der Waals surface area (Å²) in [5, 5.41) is 0.651. The first-order valence-electron chi connectivity index (χ1n) is 8.02. The highest BCUT2D eigenvalue weighted by Gasteiger charge is 2.36. The highest BCUT2D eigenvalue weighted by atomic mass is 35.5. The maximum absolute atomic E-state index is 13.0. The fourth-order valence-electron chi connectivity index (χ4n) is 3.06. The van der Waals surface area contributed by atoms with E-state index in [1.807, 2.05) is 19.1 Å². The summed E-state index contributed by atoms with van der Waals surface area (Å²) in [7, 11) is -3.53. The summed E-state index contributed by atoms with van der Waals surface area (Å²) in [5.41, 5.74) is 0.978. The number of benzene rings is 2. The molecule has 1 fully saturated rings. The molecule has 2 aromatic rings. The van der Waals surface area contributed by atoms with Crippen LogP contribution < -0.4 is 4.74 Å². The van der Waals surface area contributed by atoms with Crippen molar-refractivity contribution in [1.29, 1.82) is 0 Å². The van der Waals surface area contributed by atoms with Crippen LogP contribution in [0.25, 0.3) is 0 Å². The Kier molecular flexibility index (Phi) is 5.13. The molecule has 3 rings (SSSR count). The standard InChI is InChI=1S/C18H20ClNO3S/c1-2-23-16-9-11-17(12-10-16)24(21,22)20-13-3-4-18(20)14-5-7-15(19)8-6-14/h5-12,18H,2-4,13H2,1H3/t18-/m1/s1. The van der Waals surface area contributed by atoms with Crippen LogP contribution in [0.5, 0.6) is 5.75 Å². The molecule has 0 unspecified atom stereocenters. The molecule has 6 heteroatoms. The number of hydrogen-bond donors (Lipinski definition) is 0. The van der Waals surface area contributed by atoms with Crippen molar-refractivity contribution in [1.82, 2.24) is 4.31 Å². The Morgan fingerprint density at radius 3 is 2.42 bits per heavy atom. The lowest BCUT2D eigenvalue weighted by atomic mass is 10.1. The van der Waals surface area contributed by atoms with Gasteiger partial charge in [0, 0.05) is 11.6 Å². The molecule has 2 aromatic carbocycles. The van der Waals surface area contributed by atoms with Crippen LogP contribution in [0, 0.1) is 0 Å². The average Bonchev–Trinajstić information content (AvgIpc) is 3.07. The maximum atomic E-state index is 13.0. The summed E-state index contributed by atoms with van der Waals surface area (Å²) in [6, 6.07) is 13.9. The van der Waals surface area contributed by atoms with E-state index in [-0.39, 0.29) is 6.04 Å². The normalized spacial score (nSPS) is 18.7. The SMILES string of the molecule is CCOc1ccc(S(=O)(=O)N2CCC[C@@H]2c2ccc(Cl)cc2)cc1. The van der Waals surface area contributed by atoms with Gasteiger partial charge >= 0.3 is 0 Å². The molecule has 0 N–H and O–H groups in total. The molecule has 1 heterocycles. The Labute approximate surface area is 148 Å². The van der Waals surface area contributed by atoms with E-state index in [0.29, 0.717) is 28.8 Å². The molecule has 0 amide bonds. The summed E-state index contributed by atoms with van der Waals surface area (Å²) >= 11 is 5.94. The highest BCUT2D eigenvalue weighted by Crippen LogP contribution is 2.37. The van der Waals surface area contributed by atoms with Gasteiger partial charge in [0.15, 0.2) is 0 Å². The van der Waals surface area contributed by atoms with Crippen molar-refractivity contribution in [2.24, 2.45) is 0 Å². The van der Waals surface area contributed by atoms with Crippen molar-refractivity contribution in [3.05, 3.63) is 59.1 Å². The number of ether oxygens (including phenoxy) is 1. The van der Waals surface area contributed by atoms with Gasteiger partial charge in [-0.1, -0.05) is 23.7 Å². The predicted molar refractivity (Wildman–Crippen MR) is 94.9 cm³/mol. The molecule has 1 saturated heterocycles. The van der Waals surface area contributed by atoms with E-state index in [4.69, 9.17) is 16.3 Å². The van der Waals surface area contributed by atoms with Gasteiger partial charge in [-0.05, 0) is 61.7 Å². The fourth-order valence-corrected chi connectivity index (χ4v) is 4.86. The van der Waals surface area contributed by atoms with E-state index in [1.165, 1.54) is 0 Å². The first kappa shape index (κ1) is 17.3. The van der Waals surface area contributed by atoms with E-state index in [9.17, 15) is 8.42 Å². The minimum absolute atomic E-state index is 0.140. The summed E-state index contributed by atoms with van der Waals surface area (Å²) in [4.78, 5) is 0.298. The minimum atomic E-state index is -3.53. The van der Waals surface area contributed by atoms with Crippen LogP contribution in [-0.2, 0) is 10.0 Å². The Balaban J connectivity index is 1.88. The molecule has 0 bridgehead atoms. The smallest absolute Gasteiger partial charge is 0.243 e. The van der Waals surface area contributed by atoms with Crippen molar-refractivity contribution in [3.63, 3.8) is 0 Å². The lowest BCUT2D eigenvalue weighted by Crippen LogP contribution is -2.30. The Morgan fingerprint density at radius 2 is 1.79 bits per heavy atom. The Bertz CT molecular complexity index is 788. The first-order valence-corrected chi connectivity index (χ1v) is 9.84. The van der Waals surface area contributed by atoms with Crippen molar-refractivity contribution >= 4 is 21.6 Å². The van der Waals surface area contributed by atoms with Gasteiger partial charge in [0.25, 0.3) is 0 Å². The number of nitrogens with zero attached hydrogens (tertiary/aromatic N) is 1. The van der Waals surface area contributed by atoms with E-state index in [2.05, 4.69) is 0 Å². The molecule has 4 nitrogen and oxygen atoms in total. The number of hydrogen-bond acceptors (Lipinski definition) is 3. The zero-order valence-corrected chi connectivity index (χ0v) is 15.1. The second kappa shape index (κ2) is 7.13. The van der Waals surface area contributed by atoms with E-state index in [0.717, 1.165) is 18.4 Å². The van der Waals surface area contributed by atoms with Crippen molar-refractivity contribution in [2.45, 2.75) is 30.7 Å². The summed E-state index contributed by atoms with van der Waals surface area (Å²) in [6.45, 7) is 2.98. The predicted octanol–water partition coefficient (Wildman–Crippen LogP) is 4.26. The maximum Gasteiger partial charge on any atom is 0.243 e. The van der Waals surface area contributed by atoms with E-state index < -0.39 is 10.0 Å². The second-order valence-electron chi connectivity index (χ2n) is 5.73. The second-order valence-corrected chi connectivity index (χ2v) is 8.06. The number of halogens is 1. The van der Waals surface area contributed by atoms with Crippen LogP contribution in [0.2, 0.25) is 5.02 Å². The van der Waals surface area contributed by atoms with Gasteiger partial charge in [-0.2, -0.15) is 4.31 Å². The molecule has 0 aromatic heterocycles. The monoisotopic (exact) mass is 365 g/mol.